The van der Waals surface area contributed by atoms with Gasteiger partial charge in [-0.05, 0) is 17.5 Å². The molecule has 172 valence electrons. The van der Waals surface area contributed by atoms with Gasteiger partial charge in [-0.2, -0.15) is 0 Å². The first kappa shape index (κ1) is 24.9. The number of carbonyl (C=O) groups is 3. The maximum Gasteiger partial charge on any atom is 0.322 e. The molecule has 5 N–H and O–H groups in total. The van der Waals surface area contributed by atoms with Gasteiger partial charge in [0.05, 0.1) is 6.54 Å². The number of aliphatic carboxylic acids is 1. The monoisotopic (exact) mass is 509 g/mol. The predicted octanol–water partition coefficient (Wildman–Crippen LogP) is 1.66. The summed E-state index contributed by atoms with van der Waals surface area (Å²) >= 11 is 3.33. The highest BCUT2D eigenvalue weighted by atomic mass is 79.9. The van der Waals surface area contributed by atoms with Crippen molar-refractivity contribution in [2.24, 2.45) is 5.92 Å². The van der Waals surface area contributed by atoms with Gasteiger partial charge in [-0.25, -0.2) is 0 Å². The number of halogens is 1. The van der Waals surface area contributed by atoms with Gasteiger partial charge in [0.1, 0.15) is 17.7 Å². The van der Waals surface area contributed by atoms with E-state index in [2.05, 4.69) is 21.2 Å². The van der Waals surface area contributed by atoms with Crippen LogP contribution in [0.5, 0.6) is 11.6 Å². The van der Waals surface area contributed by atoms with Crippen LogP contribution in [-0.2, 0) is 11.3 Å². The maximum atomic E-state index is 13.0. The fourth-order valence-corrected chi connectivity index (χ4v) is 3.21. The standard InChI is InChI=1S/C21H24BrN3O7/c1-3-11(2)8-23-18(29)15-17(28)16(19(30)24-9-14(26)27)21(32)25(20(15)31)10-12-6-4-5-7-13(12)22/h4-7,11,28,31H,3,8-10H2,1-2H3,(H,23,29)(H,24,30)(H,26,27). The highest BCUT2D eigenvalue weighted by molar-refractivity contribution is 9.10. The first-order valence-corrected chi connectivity index (χ1v) is 10.6. The first-order valence-electron chi connectivity index (χ1n) is 9.78. The fourth-order valence-electron chi connectivity index (χ4n) is 2.80. The summed E-state index contributed by atoms with van der Waals surface area (Å²) in [4.78, 5) is 49.0. The number of benzene rings is 1. The van der Waals surface area contributed by atoms with Gasteiger partial charge >= 0.3 is 5.97 Å². The number of aromatic nitrogens is 1. The van der Waals surface area contributed by atoms with Crippen molar-refractivity contribution in [2.75, 3.05) is 13.1 Å². The molecule has 32 heavy (non-hydrogen) atoms. The number of aromatic hydroxyl groups is 2. The summed E-state index contributed by atoms with van der Waals surface area (Å²) in [5.74, 6) is -5.18. The highest BCUT2D eigenvalue weighted by Gasteiger charge is 2.30. The Balaban J connectivity index is 2.63. The van der Waals surface area contributed by atoms with E-state index in [0.717, 1.165) is 11.0 Å². The Labute approximate surface area is 192 Å². The van der Waals surface area contributed by atoms with E-state index in [1.165, 1.54) is 0 Å². The molecular weight excluding hydrogens is 486 g/mol. The molecule has 0 bridgehead atoms. The number of amides is 2. The number of nitrogens with one attached hydrogen (secondary N) is 2. The number of carboxylic acid groups (broad SMARTS) is 1. The van der Waals surface area contributed by atoms with Crippen LogP contribution in [0.25, 0.3) is 0 Å². The Kier molecular flexibility index (Phi) is 8.41. The van der Waals surface area contributed by atoms with Gasteiger partial charge in [-0.3, -0.25) is 23.7 Å². The molecule has 1 atom stereocenters. The summed E-state index contributed by atoms with van der Waals surface area (Å²) in [7, 11) is 0. The Morgan fingerprint density at radius 3 is 2.31 bits per heavy atom. The highest BCUT2D eigenvalue weighted by Crippen LogP contribution is 2.29. The summed E-state index contributed by atoms with van der Waals surface area (Å²) in [6.45, 7) is 3.01. The van der Waals surface area contributed by atoms with Gasteiger partial charge in [-0.15, -0.1) is 0 Å². The van der Waals surface area contributed by atoms with E-state index in [4.69, 9.17) is 5.11 Å². The van der Waals surface area contributed by atoms with Crippen LogP contribution in [0.1, 0.15) is 46.5 Å². The minimum absolute atomic E-state index is 0.104. The van der Waals surface area contributed by atoms with Crippen LogP contribution in [0.15, 0.2) is 33.5 Å². The molecule has 0 aliphatic rings. The lowest BCUT2D eigenvalue weighted by molar-refractivity contribution is -0.135. The minimum atomic E-state index is -1.36. The van der Waals surface area contributed by atoms with E-state index in [9.17, 15) is 29.4 Å². The number of carboxylic acids is 1. The van der Waals surface area contributed by atoms with Crippen molar-refractivity contribution in [3.05, 3.63) is 55.8 Å². The third-order valence-electron chi connectivity index (χ3n) is 4.86. The number of nitrogens with zero attached hydrogens (tertiary/aromatic N) is 1. The molecule has 0 aliphatic heterocycles. The molecule has 0 saturated heterocycles. The van der Waals surface area contributed by atoms with Crippen LogP contribution < -0.4 is 16.2 Å². The lowest BCUT2D eigenvalue weighted by atomic mass is 10.1. The molecule has 0 saturated carbocycles. The molecule has 0 spiro atoms. The van der Waals surface area contributed by atoms with Gasteiger partial charge in [0.25, 0.3) is 17.4 Å². The van der Waals surface area contributed by atoms with Crippen LogP contribution in [0.2, 0.25) is 0 Å². The van der Waals surface area contributed by atoms with E-state index >= 15 is 0 Å². The zero-order valence-electron chi connectivity index (χ0n) is 17.5. The average molecular weight is 510 g/mol. The zero-order chi connectivity index (χ0) is 24.0. The van der Waals surface area contributed by atoms with E-state index < -0.39 is 52.6 Å². The molecule has 11 heteroatoms. The van der Waals surface area contributed by atoms with Gasteiger partial charge in [-0.1, -0.05) is 54.4 Å². The quantitative estimate of drug-likeness (QED) is 0.343. The van der Waals surface area contributed by atoms with Crippen molar-refractivity contribution in [2.45, 2.75) is 26.8 Å². The lowest BCUT2D eigenvalue weighted by Gasteiger charge is -2.18. The normalized spacial score (nSPS) is 11.6. The van der Waals surface area contributed by atoms with Crippen LogP contribution in [-0.4, -0.2) is 50.8 Å². The fraction of sp³-hybridized carbons (Fsp3) is 0.333. The second-order valence-corrected chi connectivity index (χ2v) is 8.06. The van der Waals surface area contributed by atoms with Crippen LogP contribution in [0, 0.1) is 5.92 Å². The number of hydrogen-bond donors (Lipinski definition) is 5. The summed E-state index contributed by atoms with van der Waals surface area (Å²) in [5, 5.41) is 34.6. The van der Waals surface area contributed by atoms with E-state index in [1.807, 2.05) is 19.2 Å². The third-order valence-corrected chi connectivity index (χ3v) is 5.63. The summed E-state index contributed by atoms with van der Waals surface area (Å²) < 4.78 is 1.38. The maximum absolute atomic E-state index is 13.0. The Bertz CT molecular complexity index is 1100. The summed E-state index contributed by atoms with van der Waals surface area (Å²) in [6.07, 6.45) is 0.766. The average Bonchev–Trinajstić information content (AvgIpc) is 2.74. The van der Waals surface area contributed by atoms with E-state index in [0.29, 0.717) is 10.0 Å². The molecule has 0 aliphatic carbocycles. The molecule has 1 aromatic heterocycles. The van der Waals surface area contributed by atoms with Crippen LogP contribution in [0.4, 0.5) is 0 Å². The van der Waals surface area contributed by atoms with Gasteiger partial charge in [0, 0.05) is 11.0 Å². The van der Waals surface area contributed by atoms with Crippen molar-refractivity contribution in [3.8, 4) is 11.6 Å². The molecule has 1 aromatic carbocycles. The topological polar surface area (TPSA) is 158 Å². The number of pyridine rings is 1. The van der Waals surface area contributed by atoms with E-state index in [1.54, 1.807) is 24.3 Å². The Morgan fingerprint density at radius 2 is 1.72 bits per heavy atom. The molecule has 2 amide bonds. The second-order valence-electron chi connectivity index (χ2n) is 7.20. The number of hydrogen-bond acceptors (Lipinski definition) is 6. The molecule has 0 radical (unpaired) electrons. The third kappa shape index (κ3) is 5.67. The molecule has 0 fully saturated rings. The van der Waals surface area contributed by atoms with Crippen molar-refractivity contribution < 1.29 is 29.7 Å². The SMILES string of the molecule is CCC(C)CNC(=O)c1c(O)c(C(=O)NCC(=O)O)c(=O)n(Cc2ccccc2Br)c1O. The number of carbonyl (C=O) groups excluding carboxylic acids is 2. The van der Waals surface area contributed by atoms with E-state index in [-0.39, 0.29) is 19.0 Å². The Morgan fingerprint density at radius 1 is 1.09 bits per heavy atom. The van der Waals surface area contributed by atoms with Gasteiger partial charge in [0.2, 0.25) is 5.88 Å². The Hall–Kier alpha value is -3.34. The van der Waals surface area contributed by atoms with Crippen LogP contribution >= 0.6 is 15.9 Å². The molecule has 2 rings (SSSR count). The molecule has 2 aromatic rings. The molecule has 10 nitrogen and oxygen atoms in total. The summed E-state index contributed by atoms with van der Waals surface area (Å²) in [5.41, 5.74) is -2.03. The second kappa shape index (κ2) is 10.8. The van der Waals surface area contributed by atoms with Gasteiger partial charge in [0.15, 0.2) is 5.75 Å². The van der Waals surface area contributed by atoms with Crippen molar-refractivity contribution in [1.29, 1.82) is 0 Å². The minimum Gasteiger partial charge on any atom is -0.506 e. The smallest absolute Gasteiger partial charge is 0.322 e. The zero-order valence-corrected chi connectivity index (χ0v) is 19.1. The summed E-state index contributed by atoms with van der Waals surface area (Å²) in [6, 6.07) is 6.81. The molecular formula is C21H24BrN3O7. The molecule has 1 heterocycles. The lowest BCUT2D eigenvalue weighted by Crippen LogP contribution is -2.37. The largest absolute Gasteiger partial charge is 0.506 e. The van der Waals surface area contributed by atoms with Crippen LogP contribution in [0.3, 0.4) is 0 Å². The predicted molar refractivity (Wildman–Crippen MR) is 119 cm³/mol. The van der Waals surface area contributed by atoms with Crippen molar-refractivity contribution in [1.82, 2.24) is 15.2 Å². The van der Waals surface area contributed by atoms with Crippen molar-refractivity contribution >= 4 is 33.7 Å². The van der Waals surface area contributed by atoms with Gasteiger partial charge < -0.3 is 26.0 Å². The number of rotatable bonds is 9. The van der Waals surface area contributed by atoms with Crippen molar-refractivity contribution in [3.63, 3.8) is 0 Å². The first-order chi connectivity index (χ1) is 15.1. The molecule has 1 unspecified atom stereocenters.